The third kappa shape index (κ3) is 10.2. The second-order valence-corrected chi connectivity index (χ2v) is 6.67. The smallest absolute Gasteiger partial charge is 0.213 e. The average Bonchev–Trinajstić information content (AvgIpc) is 3.40. The van der Waals surface area contributed by atoms with Crippen LogP contribution in [0.15, 0.2) is 23.3 Å². The van der Waals surface area contributed by atoms with E-state index in [1.165, 1.54) is 12.8 Å². The highest BCUT2D eigenvalue weighted by atomic mass is 127. The predicted octanol–water partition coefficient (Wildman–Crippen LogP) is 3.36. The van der Waals surface area contributed by atoms with Gasteiger partial charge in [0, 0.05) is 38.6 Å². The van der Waals surface area contributed by atoms with E-state index in [0.29, 0.717) is 12.4 Å². The molecule has 0 atom stereocenters. The Morgan fingerprint density at radius 3 is 2.73 bits per heavy atom. The number of halogens is 1. The lowest BCUT2D eigenvalue weighted by Gasteiger charge is -2.12. The minimum Gasteiger partial charge on any atom is -0.475 e. The molecule has 1 aromatic heterocycles. The third-order valence-electron chi connectivity index (χ3n) is 3.73. The van der Waals surface area contributed by atoms with Crippen LogP contribution in [0.5, 0.6) is 5.88 Å². The van der Waals surface area contributed by atoms with E-state index in [2.05, 4.69) is 27.5 Å². The number of hydrogen-bond acceptors (Lipinski definition) is 4. The Morgan fingerprint density at radius 2 is 2.12 bits per heavy atom. The summed E-state index contributed by atoms with van der Waals surface area (Å²) in [7, 11) is 0. The zero-order valence-corrected chi connectivity index (χ0v) is 18.5. The van der Waals surface area contributed by atoms with Crippen molar-refractivity contribution in [3.05, 3.63) is 23.9 Å². The normalized spacial score (nSPS) is 14.1. The van der Waals surface area contributed by atoms with Gasteiger partial charge in [0.25, 0.3) is 0 Å². The lowest BCUT2D eigenvalue weighted by Crippen LogP contribution is -2.38. The maximum atomic E-state index is 5.65. The van der Waals surface area contributed by atoms with Gasteiger partial charge >= 0.3 is 0 Å². The molecule has 1 aromatic rings. The molecule has 0 amide bonds. The van der Waals surface area contributed by atoms with Crippen molar-refractivity contribution in [1.29, 1.82) is 0 Å². The van der Waals surface area contributed by atoms with Crippen molar-refractivity contribution in [2.75, 3.05) is 26.3 Å². The topological polar surface area (TPSA) is 67.8 Å². The minimum absolute atomic E-state index is 0. The lowest BCUT2D eigenvalue weighted by atomic mass is 10.3. The van der Waals surface area contributed by atoms with Crippen LogP contribution < -0.4 is 15.4 Å². The van der Waals surface area contributed by atoms with Gasteiger partial charge in [-0.2, -0.15) is 0 Å². The van der Waals surface area contributed by atoms with Crippen LogP contribution in [0.2, 0.25) is 0 Å². The first kappa shape index (κ1) is 23.0. The van der Waals surface area contributed by atoms with Gasteiger partial charge in [-0.05, 0) is 51.5 Å². The molecule has 0 spiro atoms. The van der Waals surface area contributed by atoms with Gasteiger partial charge in [0.2, 0.25) is 5.88 Å². The molecule has 26 heavy (non-hydrogen) atoms. The predicted molar refractivity (Wildman–Crippen MR) is 116 cm³/mol. The van der Waals surface area contributed by atoms with E-state index in [4.69, 9.17) is 9.47 Å². The minimum atomic E-state index is 0. The van der Waals surface area contributed by atoms with E-state index < -0.39 is 0 Å². The summed E-state index contributed by atoms with van der Waals surface area (Å²) in [6, 6.07) is 3.89. The van der Waals surface area contributed by atoms with Crippen molar-refractivity contribution in [3.63, 3.8) is 0 Å². The van der Waals surface area contributed by atoms with Crippen LogP contribution in [-0.4, -0.2) is 43.4 Å². The summed E-state index contributed by atoms with van der Waals surface area (Å²) in [4.78, 5) is 8.91. The molecule has 1 aliphatic rings. The quantitative estimate of drug-likeness (QED) is 0.222. The Bertz CT molecular complexity index is 519. The molecule has 7 heteroatoms. The first-order valence-electron chi connectivity index (χ1n) is 9.39. The fourth-order valence-electron chi connectivity index (χ4n) is 2.24. The highest BCUT2D eigenvalue weighted by molar-refractivity contribution is 14.0. The molecule has 148 valence electrons. The van der Waals surface area contributed by atoms with E-state index in [0.717, 1.165) is 50.2 Å². The molecule has 0 saturated heterocycles. The van der Waals surface area contributed by atoms with Crippen LogP contribution in [0.25, 0.3) is 0 Å². The number of ether oxygens (including phenoxy) is 2. The second-order valence-electron chi connectivity index (χ2n) is 6.67. The fraction of sp³-hybridized carbons (Fsp3) is 0.684. The van der Waals surface area contributed by atoms with E-state index in [1.807, 2.05) is 32.2 Å². The Kier molecular flexibility index (Phi) is 11.6. The lowest BCUT2D eigenvalue weighted by molar-refractivity contribution is 0.123. The summed E-state index contributed by atoms with van der Waals surface area (Å²) >= 11 is 0. The summed E-state index contributed by atoms with van der Waals surface area (Å²) in [5, 5.41) is 6.61. The Balaban J connectivity index is 0.00000338. The number of nitrogens with zero attached hydrogens (tertiary/aromatic N) is 2. The highest BCUT2D eigenvalue weighted by Crippen LogP contribution is 2.28. The first-order valence-corrected chi connectivity index (χ1v) is 9.39. The number of aliphatic imine (C=N–C) groups is 1. The van der Waals surface area contributed by atoms with Crippen LogP contribution in [0, 0.1) is 5.92 Å². The van der Waals surface area contributed by atoms with Gasteiger partial charge in [-0.15, -0.1) is 24.0 Å². The highest BCUT2D eigenvalue weighted by Gasteiger charge is 2.20. The summed E-state index contributed by atoms with van der Waals surface area (Å²) in [5.74, 6) is 2.31. The zero-order chi connectivity index (χ0) is 17.9. The number of hydrogen-bond donors (Lipinski definition) is 2. The van der Waals surface area contributed by atoms with Crippen molar-refractivity contribution in [1.82, 2.24) is 15.6 Å². The molecule has 1 aliphatic carbocycles. The molecule has 1 saturated carbocycles. The molecule has 0 aliphatic heterocycles. The maximum Gasteiger partial charge on any atom is 0.213 e. The van der Waals surface area contributed by atoms with Gasteiger partial charge in [-0.3, -0.25) is 0 Å². The van der Waals surface area contributed by atoms with Gasteiger partial charge < -0.3 is 20.1 Å². The number of nitrogens with one attached hydrogen (secondary N) is 2. The number of rotatable bonds is 11. The summed E-state index contributed by atoms with van der Waals surface area (Å²) in [6.07, 6.45) is 5.62. The fourth-order valence-corrected chi connectivity index (χ4v) is 2.24. The van der Waals surface area contributed by atoms with Crippen LogP contribution >= 0.6 is 24.0 Å². The molecular formula is C19H33IN4O2. The molecule has 0 radical (unpaired) electrons. The molecule has 1 heterocycles. The molecular weight excluding hydrogens is 443 g/mol. The molecule has 0 unspecified atom stereocenters. The average molecular weight is 476 g/mol. The van der Waals surface area contributed by atoms with E-state index >= 15 is 0 Å². The molecule has 0 aromatic carbocycles. The Hall–Kier alpha value is -1.09. The summed E-state index contributed by atoms with van der Waals surface area (Å²) in [6.45, 7) is 10.1. The molecule has 2 N–H and O–H groups in total. The van der Waals surface area contributed by atoms with Crippen molar-refractivity contribution >= 4 is 29.9 Å². The van der Waals surface area contributed by atoms with Gasteiger partial charge in [0.15, 0.2) is 5.96 Å². The van der Waals surface area contributed by atoms with Crippen molar-refractivity contribution < 1.29 is 9.47 Å². The molecule has 6 nitrogen and oxygen atoms in total. The van der Waals surface area contributed by atoms with Crippen LogP contribution in [0.1, 0.15) is 45.6 Å². The molecule has 0 bridgehead atoms. The van der Waals surface area contributed by atoms with Gasteiger partial charge in [-0.1, -0.05) is 6.07 Å². The monoisotopic (exact) mass is 476 g/mol. The van der Waals surface area contributed by atoms with Crippen LogP contribution in [0.3, 0.4) is 0 Å². The number of pyridine rings is 1. The van der Waals surface area contributed by atoms with Crippen LogP contribution in [0.4, 0.5) is 0 Å². The first-order chi connectivity index (χ1) is 12.2. The zero-order valence-electron chi connectivity index (χ0n) is 16.2. The number of guanidine groups is 1. The standard InChI is InChI=1S/C19H32N4O2.HI/c1-4-20-19(21-10-5-11-24-14-16-6-7-16)23-13-17-8-9-18(22-12-17)25-15(2)3;/h8-9,12,15-16H,4-7,10-11,13-14H2,1-3H3,(H2,20,21,23);1H. The molecule has 1 fully saturated rings. The van der Waals surface area contributed by atoms with E-state index in [1.54, 1.807) is 0 Å². The molecule has 2 rings (SSSR count). The summed E-state index contributed by atoms with van der Waals surface area (Å²) in [5.41, 5.74) is 1.06. The van der Waals surface area contributed by atoms with Gasteiger partial charge in [0.05, 0.1) is 12.6 Å². The van der Waals surface area contributed by atoms with Crippen LogP contribution in [-0.2, 0) is 11.3 Å². The largest absolute Gasteiger partial charge is 0.475 e. The summed E-state index contributed by atoms with van der Waals surface area (Å²) < 4.78 is 11.2. The Labute approximate surface area is 174 Å². The van der Waals surface area contributed by atoms with E-state index in [9.17, 15) is 0 Å². The van der Waals surface area contributed by atoms with Crippen molar-refractivity contribution in [2.45, 2.75) is 52.7 Å². The Morgan fingerprint density at radius 1 is 1.31 bits per heavy atom. The van der Waals surface area contributed by atoms with Gasteiger partial charge in [0.1, 0.15) is 0 Å². The third-order valence-corrected chi connectivity index (χ3v) is 3.73. The van der Waals surface area contributed by atoms with Crippen molar-refractivity contribution in [2.24, 2.45) is 10.9 Å². The second kappa shape index (κ2) is 13.1. The SMILES string of the molecule is CCNC(=NCc1ccc(OC(C)C)nc1)NCCCOCC1CC1.I. The van der Waals surface area contributed by atoms with Gasteiger partial charge in [-0.25, -0.2) is 9.98 Å². The van der Waals surface area contributed by atoms with Crippen molar-refractivity contribution in [3.8, 4) is 5.88 Å². The number of aromatic nitrogens is 1. The van der Waals surface area contributed by atoms with E-state index in [-0.39, 0.29) is 30.1 Å². The maximum absolute atomic E-state index is 5.65.